The van der Waals surface area contributed by atoms with Crippen molar-refractivity contribution < 1.29 is 18.3 Å². The quantitative estimate of drug-likeness (QED) is 0.201. The van der Waals surface area contributed by atoms with Crippen molar-refractivity contribution in [3.05, 3.63) is 47.3 Å². The van der Waals surface area contributed by atoms with E-state index in [9.17, 15) is 18.3 Å². The number of fused-ring (bicyclic) bond motifs is 1. The molecule has 0 bridgehead atoms. The van der Waals surface area contributed by atoms with Crippen LogP contribution >= 0.6 is 0 Å². The molecule has 2 aromatic heterocycles. The molecule has 1 fully saturated rings. The van der Waals surface area contributed by atoms with Crippen molar-refractivity contribution in [2.24, 2.45) is 5.92 Å². The average Bonchev–Trinajstić information content (AvgIpc) is 3.26. The molecule has 3 aromatic rings. The Bertz CT molecular complexity index is 1280. The Labute approximate surface area is 213 Å². The zero-order valence-electron chi connectivity index (χ0n) is 21.0. The molecule has 0 radical (unpaired) electrons. The molecule has 1 saturated carbocycles. The number of alkyl halides is 3. The summed E-state index contributed by atoms with van der Waals surface area (Å²) >= 11 is 0. The van der Waals surface area contributed by atoms with E-state index < -0.39 is 24.0 Å². The van der Waals surface area contributed by atoms with Crippen LogP contribution in [-0.2, 0) is 6.18 Å². The van der Waals surface area contributed by atoms with Crippen molar-refractivity contribution in [2.45, 2.75) is 57.3 Å². The highest BCUT2D eigenvalue weighted by atomic mass is 19.4. The minimum atomic E-state index is -4.65. The first-order chi connectivity index (χ1) is 17.5. The molecule has 4 rings (SSSR count). The second-order valence-corrected chi connectivity index (χ2v) is 9.78. The second-order valence-electron chi connectivity index (χ2n) is 9.78. The molecular formula is C26H32F3N7O. The van der Waals surface area contributed by atoms with Gasteiger partial charge in [0.2, 0.25) is 0 Å². The van der Waals surface area contributed by atoms with E-state index in [0.29, 0.717) is 28.0 Å². The number of aromatic nitrogens is 3. The molecule has 0 saturated heterocycles. The van der Waals surface area contributed by atoms with Crippen molar-refractivity contribution in [2.75, 3.05) is 13.6 Å². The topological polar surface area (TPSA) is 125 Å². The minimum absolute atomic E-state index is 0.169. The minimum Gasteiger partial charge on any atom is -0.392 e. The van der Waals surface area contributed by atoms with Crippen LogP contribution in [0.25, 0.3) is 22.2 Å². The number of aromatic amines is 1. The fourth-order valence-electron chi connectivity index (χ4n) is 4.76. The van der Waals surface area contributed by atoms with Gasteiger partial charge in [0.05, 0.1) is 23.7 Å². The van der Waals surface area contributed by atoms with Gasteiger partial charge in [-0.2, -0.15) is 18.3 Å². The highest BCUT2D eigenvalue weighted by Crippen LogP contribution is 2.42. The van der Waals surface area contributed by atoms with Crippen LogP contribution in [0.4, 0.5) is 13.2 Å². The summed E-state index contributed by atoms with van der Waals surface area (Å²) in [4.78, 5) is 5.38. The lowest BCUT2D eigenvalue weighted by atomic mass is 9.72. The monoisotopic (exact) mass is 515 g/mol. The second kappa shape index (κ2) is 10.6. The van der Waals surface area contributed by atoms with Crippen molar-refractivity contribution in [1.29, 1.82) is 10.8 Å². The Hall–Kier alpha value is -3.31. The number of rotatable bonds is 9. The number of likely N-dealkylation sites (N-methyl/N-ethyl adjacent to an activating group) is 1. The summed E-state index contributed by atoms with van der Waals surface area (Å²) in [7, 11) is 1.67. The zero-order valence-corrected chi connectivity index (χ0v) is 21.0. The maximum Gasteiger partial charge on any atom is 0.433 e. The molecule has 37 heavy (non-hydrogen) atoms. The lowest BCUT2D eigenvalue weighted by molar-refractivity contribution is -0.141. The third kappa shape index (κ3) is 5.52. The van der Waals surface area contributed by atoms with Crippen LogP contribution in [0.1, 0.15) is 62.0 Å². The third-order valence-electron chi connectivity index (χ3n) is 7.01. The predicted molar refractivity (Wildman–Crippen MR) is 137 cm³/mol. The van der Waals surface area contributed by atoms with Crippen molar-refractivity contribution in [3.8, 4) is 11.3 Å². The summed E-state index contributed by atoms with van der Waals surface area (Å²) in [6.45, 7) is 3.48. The number of aliphatic hydroxyl groups is 1. The van der Waals surface area contributed by atoms with Crippen LogP contribution in [0.5, 0.6) is 0 Å². The lowest BCUT2D eigenvalue weighted by Crippen LogP contribution is -2.36. The molecule has 1 aliphatic carbocycles. The molecule has 1 aromatic carbocycles. The van der Waals surface area contributed by atoms with E-state index in [2.05, 4.69) is 20.5 Å². The van der Waals surface area contributed by atoms with E-state index in [4.69, 9.17) is 10.8 Å². The van der Waals surface area contributed by atoms with Crippen molar-refractivity contribution in [1.82, 2.24) is 25.4 Å². The van der Waals surface area contributed by atoms with E-state index in [0.717, 1.165) is 37.2 Å². The van der Waals surface area contributed by atoms with Gasteiger partial charge < -0.3 is 15.3 Å². The van der Waals surface area contributed by atoms with Gasteiger partial charge in [-0.05, 0) is 50.3 Å². The van der Waals surface area contributed by atoms with E-state index in [1.807, 2.05) is 18.2 Å². The van der Waals surface area contributed by atoms with Gasteiger partial charge in [-0.3, -0.25) is 15.9 Å². The summed E-state index contributed by atoms with van der Waals surface area (Å²) in [6, 6.07) is 7.87. The molecule has 8 nitrogen and oxygen atoms in total. The molecular weight excluding hydrogens is 483 g/mol. The Morgan fingerprint density at radius 2 is 2.03 bits per heavy atom. The van der Waals surface area contributed by atoms with Crippen molar-refractivity contribution >= 4 is 23.1 Å². The van der Waals surface area contributed by atoms with E-state index >= 15 is 0 Å². The molecule has 0 spiro atoms. The zero-order chi connectivity index (χ0) is 26.9. The van der Waals surface area contributed by atoms with Gasteiger partial charge in [0, 0.05) is 36.5 Å². The predicted octanol–water partition coefficient (Wildman–Crippen LogP) is 5.07. The number of hydrogen-bond donors (Lipinski definition) is 5. The van der Waals surface area contributed by atoms with Gasteiger partial charge in [-0.15, -0.1) is 0 Å². The lowest BCUT2D eigenvalue weighted by Gasteiger charge is -2.36. The Morgan fingerprint density at radius 1 is 1.30 bits per heavy atom. The van der Waals surface area contributed by atoms with Gasteiger partial charge in [0.25, 0.3) is 0 Å². The van der Waals surface area contributed by atoms with E-state index in [1.165, 1.54) is 4.90 Å². The maximum atomic E-state index is 13.8. The van der Waals surface area contributed by atoms with Crippen LogP contribution in [0.2, 0.25) is 0 Å². The van der Waals surface area contributed by atoms with E-state index in [1.54, 1.807) is 27.0 Å². The van der Waals surface area contributed by atoms with Crippen molar-refractivity contribution in [3.63, 3.8) is 0 Å². The average molecular weight is 516 g/mol. The van der Waals surface area contributed by atoms with Crippen LogP contribution in [-0.4, -0.2) is 57.1 Å². The largest absolute Gasteiger partial charge is 0.433 e. The normalized spacial score (nSPS) is 16.7. The third-order valence-corrected chi connectivity index (χ3v) is 7.01. The molecule has 0 aliphatic heterocycles. The van der Waals surface area contributed by atoms with Crippen LogP contribution < -0.4 is 5.32 Å². The summed E-state index contributed by atoms with van der Waals surface area (Å²) < 4.78 is 41.4. The highest BCUT2D eigenvalue weighted by molar-refractivity contribution is 5.96. The summed E-state index contributed by atoms with van der Waals surface area (Å²) in [5.74, 6) is 0.361. The summed E-state index contributed by atoms with van der Waals surface area (Å²) in [5.41, 5.74) is 1.42. The Balaban J connectivity index is 1.81. The standard InChI is InChI=1S/C26H32F3N7O/c1-14(37)12-32-15(2)22-24-19(11-20(33-22)26(27,28)29)23(34-35-24)18-9-5-8-17(10-18)21(16-6-4-7-16)25(31)36(3)13-30/h5,8-11,13-16,21,30-32,37H,4,6-7,12H2,1-3H3,(H,34,35)/t14-,15+,21-/m1/s1. The maximum absolute atomic E-state index is 13.8. The number of hydrogen-bond acceptors (Lipinski definition) is 6. The molecule has 0 amide bonds. The van der Waals surface area contributed by atoms with Crippen LogP contribution in [0.3, 0.4) is 0 Å². The number of H-pyrrole nitrogens is 1. The molecule has 5 N–H and O–H groups in total. The Morgan fingerprint density at radius 3 is 2.62 bits per heavy atom. The number of amidine groups is 1. The number of halogens is 3. The molecule has 198 valence electrons. The number of pyridine rings is 1. The van der Waals surface area contributed by atoms with Gasteiger partial charge >= 0.3 is 6.18 Å². The van der Waals surface area contributed by atoms with Gasteiger partial charge in [-0.25, -0.2) is 4.98 Å². The van der Waals surface area contributed by atoms with Crippen LogP contribution in [0, 0.1) is 16.7 Å². The highest BCUT2D eigenvalue weighted by Gasteiger charge is 2.36. The Kier molecular flexibility index (Phi) is 7.65. The first-order valence-corrected chi connectivity index (χ1v) is 12.3. The van der Waals surface area contributed by atoms with Crippen LogP contribution in [0.15, 0.2) is 30.3 Å². The first kappa shape index (κ1) is 26.7. The number of benzene rings is 1. The number of aliphatic hydroxyl groups excluding tert-OH is 1. The van der Waals surface area contributed by atoms with Gasteiger partial charge in [0.15, 0.2) is 0 Å². The number of nitrogens with one attached hydrogen (secondary N) is 4. The fraction of sp³-hybridized carbons (Fsp3) is 0.462. The van der Waals surface area contributed by atoms with Gasteiger partial charge in [-0.1, -0.05) is 24.6 Å². The molecule has 1 aliphatic rings. The molecule has 2 heterocycles. The smallest absolute Gasteiger partial charge is 0.392 e. The van der Waals surface area contributed by atoms with Gasteiger partial charge in [0.1, 0.15) is 17.2 Å². The first-order valence-electron chi connectivity index (χ1n) is 12.3. The van der Waals surface area contributed by atoms with E-state index in [-0.39, 0.29) is 24.1 Å². The summed E-state index contributed by atoms with van der Waals surface area (Å²) in [6.07, 6.45) is -1.16. The summed E-state index contributed by atoms with van der Waals surface area (Å²) in [5, 5.41) is 36.4. The molecule has 11 heteroatoms. The SMILES string of the molecule is C[C@H](NC[C@@H](C)O)c1nc(C(F)(F)F)cc2c(-c3cccc([C@H](C(=N)N(C)C=N)C4CCC4)c3)n[nH]c12. The molecule has 3 atom stereocenters. The fourth-order valence-corrected chi connectivity index (χ4v) is 4.76. The number of nitrogens with zero attached hydrogens (tertiary/aromatic N) is 3. The molecule has 0 unspecified atom stereocenters.